The second-order valence-electron chi connectivity index (χ2n) is 4.59. The van der Waals surface area contributed by atoms with E-state index in [1.54, 1.807) is 36.5 Å². The van der Waals surface area contributed by atoms with Crippen LogP contribution in [0.5, 0.6) is 0 Å². The van der Waals surface area contributed by atoms with Crippen LogP contribution in [0.25, 0.3) is 11.4 Å². The summed E-state index contributed by atoms with van der Waals surface area (Å²) in [6.45, 7) is 0. The quantitative estimate of drug-likeness (QED) is 0.483. The van der Waals surface area contributed by atoms with Gasteiger partial charge in [0, 0.05) is 10.6 Å². The Morgan fingerprint density at radius 1 is 1.09 bits per heavy atom. The summed E-state index contributed by atoms with van der Waals surface area (Å²) in [6.07, 6.45) is 1.63. The van der Waals surface area contributed by atoms with Crippen LogP contribution in [-0.4, -0.2) is 21.1 Å². The molecule has 0 amide bonds. The van der Waals surface area contributed by atoms with E-state index in [9.17, 15) is 0 Å². The van der Waals surface area contributed by atoms with Crippen molar-refractivity contribution in [1.29, 1.82) is 0 Å². The van der Waals surface area contributed by atoms with Crippen LogP contribution in [0, 0.1) is 4.77 Å². The van der Waals surface area contributed by atoms with E-state index >= 15 is 0 Å². The predicted octanol–water partition coefficient (Wildman–Crippen LogP) is 5.45. The zero-order valence-electron chi connectivity index (χ0n) is 11.5. The summed E-state index contributed by atoms with van der Waals surface area (Å²) in [4.78, 5) is 0. The monoisotopic (exact) mass is 382 g/mol. The molecule has 0 atom stereocenters. The molecule has 0 saturated heterocycles. The van der Waals surface area contributed by atoms with E-state index in [0.29, 0.717) is 25.7 Å². The van der Waals surface area contributed by atoms with E-state index < -0.39 is 0 Å². The van der Waals surface area contributed by atoms with Gasteiger partial charge >= 0.3 is 0 Å². The van der Waals surface area contributed by atoms with Crippen LogP contribution in [0.3, 0.4) is 0 Å². The summed E-state index contributed by atoms with van der Waals surface area (Å²) in [5, 5.41) is 12.8. The first-order chi connectivity index (χ1) is 11.0. The first-order valence-electron chi connectivity index (χ1n) is 6.47. The molecule has 4 nitrogen and oxygen atoms in total. The number of benzene rings is 2. The average Bonchev–Trinajstić information content (AvgIpc) is 2.89. The maximum absolute atomic E-state index is 6.02. The lowest BCUT2D eigenvalue weighted by molar-refractivity contribution is 0.871. The number of aromatic nitrogens is 3. The first kappa shape index (κ1) is 16.2. The lowest BCUT2D eigenvalue weighted by atomic mass is 10.2. The highest BCUT2D eigenvalue weighted by atomic mass is 35.5. The van der Waals surface area contributed by atoms with Crippen molar-refractivity contribution in [3.8, 4) is 11.4 Å². The number of hydrogen-bond acceptors (Lipinski definition) is 3. The second kappa shape index (κ2) is 6.84. The average molecular weight is 384 g/mol. The van der Waals surface area contributed by atoms with Crippen LogP contribution >= 0.6 is 47.0 Å². The minimum atomic E-state index is 0.372. The van der Waals surface area contributed by atoms with Crippen molar-refractivity contribution in [2.75, 3.05) is 0 Å². The predicted molar refractivity (Wildman–Crippen MR) is 97.3 cm³/mol. The Bertz CT molecular complexity index is 946. The van der Waals surface area contributed by atoms with Crippen LogP contribution in [0.15, 0.2) is 47.6 Å². The molecule has 0 spiro atoms. The Balaban J connectivity index is 2.00. The van der Waals surface area contributed by atoms with Crippen molar-refractivity contribution in [2.45, 2.75) is 0 Å². The summed E-state index contributed by atoms with van der Waals surface area (Å²) < 4.78 is 1.89. The fraction of sp³-hybridized carbons (Fsp3) is 0. The lowest BCUT2D eigenvalue weighted by Gasteiger charge is -2.02. The van der Waals surface area contributed by atoms with Crippen molar-refractivity contribution < 1.29 is 0 Å². The number of nitrogens with zero attached hydrogens (tertiary/aromatic N) is 3. The van der Waals surface area contributed by atoms with Crippen molar-refractivity contribution >= 4 is 53.2 Å². The molecule has 1 heterocycles. The Morgan fingerprint density at radius 3 is 2.65 bits per heavy atom. The van der Waals surface area contributed by atoms with E-state index in [2.05, 4.69) is 15.3 Å². The van der Waals surface area contributed by atoms with Gasteiger partial charge in [-0.1, -0.05) is 53.0 Å². The fourth-order valence-electron chi connectivity index (χ4n) is 1.93. The lowest BCUT2D eigenvalue weighted by Crippen LogP contribution is -1.95. The third-order valence-corrected chi connectivity index (χ3v) is 4.24. The molecule has 0 bridgehead atoms. The van der Waals surface area contributed by atoms with Crippen LogP contribution in [0.4, 0.5) is 0 Å². The zero-order chi connectivity index (χ0) is 16.4. The normalized spacial score (nSPS) is 11.3. The molecular formula is C15H9Cl3N4S. The SMILES string of the molecule is S=c1[nH]nc(-c2cccc(Cl)c2)n1N=Cc1ccc(Cl)c(Cl)c1. The standard InChI is InChI=1S/C15H9Cl3N4S/c16-11-3-1-2-10(7-11)14-20-21-15(23)22(14)19-8-9-4-5-12(17)13(18)6-9/h1-8H,(H,21,23). The van der Waals surface area contributed by atoms with Crippen LogP contribution in [0.1, 0.15) is 5.56 Å². The van der Waals surface area contributed by atoms with Gasteiger partial charge in [-0.2, -0.15) is 14.9 Å². The highest BCUT2D eigenvalue weighted by Crippen LogP contribution is 2.23. The Labute approximate surface area is 152 Å². The summed E-state index contributed by atoms with van der Waals surface area (Å²) >= 11 is 23.1. The molecule has 3 rings (SSSR count). The topological polar surface area (TPSA) is 46.0 Å². The molecule has 116 valence electrons. The molecule has 1 aromatic heterocycles. The van der Waals surface area contributed by atoms with Gasteiger partial charge in [0.2, 0.25) is 4.77 Å². The van der Waals surface area contributed by atoms with Crippen LogP contribution in [-0.2, 0) is 0 Å². The van der Waals surface area contributed by atoms with Gasteiger partial charge in [-0.05, 0) is 42.0 Å². The molecule has 3 aromatic rings. The van der Waals surface area contributed by atoms with E-state index in [-0.39, 0.29) is 0 Å². The van der Waals surface area contributed by atoms with E-state index in [1.165, 1.54) is 4.68 Å². The number of rotatable bonds is 3. The minimum Gasteiger partial charge on any atom is -0.250 e. The summed E-state index contributed by atoms with van der Waals surface area (Å²) in [5.41, 5.74) is 1.59. The van der Waals surface area contributed by atoms with Gasteiger partial charge in [-0.25, -0.2) is 5.10 Å². The Kier molecular flexibility index (Phi) is 4.82. The maximum Gasteiger partial charge on any atom is 0.216 e. The van der Waals surface area contributed by atoms with Gasteiger partial charge in [-0.3, -0.25) is 0 Å². The van der Waals surface area contributed by atoms with Crippen LogP contribution in [0.2, 0.25) is 15.1 Å². The third-order valence-electron chi connectivity index (χ3n) is 3.00. The summed E-state index contributed by atoms with van der Waals surface area (Å²) in [6, 6.07) is 12.5. The molecule has 0 saturated carbocycles. The molecule has 0 radical (unpaired) electrons. The highest BCUT2D eigenvalue weighted by molar-refractivity contribution is 7.71. The zero-order valence-corrected chi connectivity index (χ0v) is 14.6. The second-order valence-corrected chi connectivity index (χ2v) is 6.23. The molecule has 8 heteroatoms. The maximum atomic E-state index is 6.02. The Hall–Kier alpha value is -1.66. The number of nitrogens with one attached hydrogen (secondary N) is 1. The molecule has 2 aromatic carbocycles. The summed E-state index contributed by atoms with van der Waals surface area (Å²) in [5.74, 6) is 0.564. The third kappa shape index (κ3) is 3.64. The highest BCUT2D eigenvalue weighted by Gasteiger charge is 2.08. The van der Waals surface area contributed by atoms with Crippen molar-refractivity contribution in [2.24, 2.45) is 5.10 Å². The molecule has 0 aliphatic carbocycles. The molecule has 0 aliphatic rings. The van der Waals surface area contributed by atoms with E-state index in [0.717, 1.165) is 11.1 Å². The van der Waals surface area contributed by atoms with Crippen LogP contribution < -0.4 is 0 Å². The van der Waals surface area contributed by atoms with Gasteiger partial charge in [0.05, 0.1) is 16.3 Å². The summed E-state index contributed by atoms with van der Waals surface area (Å²) in [7, 11) is 0. The molecule has 0 unspecified atom stereocenters. The van der Waals surface area contributed by atoms with E-state index in [4.69, 9.17) is 47.0 Å². The molecule has 1 N–H and O–H groups in total. The Morgan fingerprint density at radius 2 is 1.91 bits per heavy atom. The fourth-order valence-corrected chi connectivity index (χ4v) is 2.61. The smallest absolute Gasteiger partial charge is 0.216 e. The number of H-pyrrole nitrogens is 1. The van der Waals surface area contributed by atoms with Crippen molar-refractivity contribution in [3.63, 3.8) is 0 Å². The van der Waals surface area contributed by atoms with Gasteiger partial charge in [0.15, 0.2) is 5.82 Å². The molecule has 0 aliphatic heterocycles. The van der Waals surface area contributed by atoms with Gasteiger partial charge in [-0.15, -0.1) is 0 Å². The van der Waals surface area contributed by atoms with Crippen molar-refractivity contribution in [3.05, 3.63) is 67.9 Å². The molecule has 23 heavy (non-hydrogen) atoms. The minimum absolute atomic E-state index is 0.372. The molecule has 0 fully saturated rings. The van der Waals surface area contributed by atoms with Gasteiger partial charge in [0.25, 0.3) is 0 Å². The van der Waals surface area contributed by atoms with Gasteiger partial charge in [0.1, 0.15) is 0 Å². The van der Waals surface area contributed by atoms with E-state index in [1.807, 2.05) is 12.1 Å². The van der Waals surface area contributed by atoms with Crippen molar-refractivity contribution in [1.82, 2.24) is 14.9 Å². The molecular weight excluding hydrogens is 375 g/mol. The number of aromatic amines is 1. The largest absolute Gasteiger partial charge is 0.250 e. The first-order valence-corrected chi connectivity index (χ1v) is 8.01. The van der Waals surface area contributed by atoms with Gasteiger partial charge < -0.3 is 0 Å². The number of hydrogen-bond donors (Lipinski definition) is 1. The number of halogens is 3.